The molecule has 2 aromatic heterocycles. The quantitative estimate of drug-likeness (QED) is 0.446. The van der Waals surface area contributed by atoms with Crippen LogP contribution in [0.15, 0.2) is 42.7 Å². The summed E-state index contributed by atoms with van der Waals surface area (Å²) in [6.07, 6.45) is 4.42. The Morgan fingerprint density at radius 1 is 1.15 bits per heavy atom. The minimum absolute atomic E-state index is 0.00744. The predicted molar refractivity (Wildman–Crippen MR) is 124 cm³/mol. The number of carbonyl (C=O) groups is 1. The third kappa shape index (κ3) is 4.09. The highest BCUT2D eigenvalue weighted by atomic mass is 32.2. The van der Waals surface area contributed by atoms with Crippen LogP contribution >= 0.6 is 0 Å². The van der Waals surface area contributed by atoms with Gasteiger partial charge < -0.3 is 14.8 Å². The van der Waals surface area contributed by atoms with E-state index < -0.39 is 10.0 Å². The lowest BCUT2D eigenvalue weighted by molar-refractivity contribution is -0.117. The number of fused-ring (bicyclic) bond motifs is 2. The molecule has 0 radical (unpaired) electrons. The summed E-state index contributed by atoms with van der Waals surface area (Å²) in [5.41, 5.74) is 1.85. The van der Waals surface area contributed by atoms with E-state index in [-0.39, 0.29) is 51.8 Å². The summed E-state index contributed by atoms with van der Waals surface area (Å²) in [5.74, 6) is -1.26. The van der Waals surface area contributed by atoms with E-state index in [1.807, 2.05) is 0 Å². The van der Waals surface area contributed by atoms with Crippen molar-refractivity contribution >= 4 is 43.2 Å². The Kier molecular flexibility index (Phi) is 5.49. The number of pyridine rings is 1. The van der Waals surface area contributed by atoms with Crippen LogP contribution in [0.5, 0.6) is 11.6 Å². The molecule has 2 aromatic carbocycles. The summed E-state index contributed by atoms with van der Waals surface area (Å²) >= 11 is 0. The molecular formula is C23H22FN3O5S. The number of anilines is 1. The number of phenolic OH excluding ortho intramolecular Hbond substituents is 1. The van der Waals surface area contributed by atoms with Gasteiger partial charge in [-0.15, -0.1) is 0 Å². The average molecular weight is 472 g/mol. The molecule has 0 saturated heterocycles. The van der Waals surface area contributed by atoms with Gasteiger partial charge in [0.05, 0.1) is 23.9 Å². The van der Waals surface area contributed by atoms with Gasteiger partial charge in [-0.05, 0) is 42.7 Å². The van der Waals surface area contributed by atoms with Crippen molar-refractivity contribution < 1.29 is 27.8 Å². The highest BCUT2D eigenvalue weighted by Gasteiger charge is 2.26. The lowest BCUT2D eigenvalue weighted by atomic mass is 10.0. The number of benzene rings is 2. The predicted octanol–water partition coefficient (Wildman–Crippen LogP) is 3.32. The summed E-state index contributed by atoms with van der Waals surface area (Å²) in [4.78, 5) is 16.0. The maximum atomic E-state index is 13.2. The number of halogens is 1. The molecule has 0 aliphatic carbocycles. The molecule has 0 bridgehead atoms. The third-order valence-corrected chi connectivity index (χ3v) is 6.67. The molecule has 0 unspecified atom stereocenters. The van der Waals surface area contributed by atoms with E-state index in [1.54, 1.807) is 18.2 Å². The van der Waals surface area contributed by atoms with Crippen LogP contribution in [0.2, 0.25) is 0 Å². The number of carbonyl (C=O) groups excluding carboxylic acids is 1. The van der Waals surface area contributed by atoms with Crippen LogP contribution < -0.4 is 4.31 Å². The molecule has 0 spiro atoms. The molecule has 0 saturated carbocycles. The van der Waals surface area contributed by atoms with E-state index in [0.717, 1.165) is 16.1 Å². The van der Waals surface area contributed by atoms with E-state index in [1.165, 1.54) is 43.1 Å². The minimum atomic E-state index is -3.73. The summed E-state index contributed by atoms with van der Waals surface area (Å²) in [6, 6.07) is 7.69. The molecule has 4 aromatic rings. The van der Waals surface area contributed by atoms with Gasteiger partial charge in [-0.1, -0.05) is 12.1 Å². The second kappa shape index (κ2) is 8.04. The maximum absolute atomic E-state index is 13.2. The minimum Gasteiger partial charge on any atom is -0.505 e. The Morgan fingerprint density at radius 3 is 2.42 bits per heavy atom. The summed E-state index contributed by atoms with van der Waals surface area (Å²) in [5, 5.41) is 22.2. The largest absolute Gasteiger partial charge is 0.505 e. The first-order chi connectivity index (χ1) is 15.5. The van der Waals surface area contributed by atoms with Crippen LogP contribution in [0.1, 0.15) is 18.1 Å². The van der Waals surface area contributed by atoms with Gasteiger partial charge in [0, 0.05) is 30.2 Å². The molecule has 0 atom stereocenters. The second-order valence-corrected chi connectivity index (χ2v) is 10.1. The Hall–Kier alpha value is -3.66. The fourth-order valence-corrected chi connectivity index (χ4v) is 4.43. The number of hydrogen-bond donors (Lipinski definition) is 2. The van der Waals surface area contributed by atoms with Gasteiger partial charge in [0.1, 0.15) is 17.1 Å². The number of sulfonamides is 1. The summed E-state index contributed by atoms with van der Waals surface area (Å²) in [7, 11) is -2.36. The van der Waals surface area contributed by atoms with Crippen LogP contribution in [0.3, 0.4) is 0 Å². The van der Waals surface area contributed by atoms with Gasteiger partial charge in [0.2, 0.25) is 15.9 Å². The molecule has 0 aliphatic heterocycles. The Morgan fingerprint density at radius 2 is 1.82 bits per heavy atom. The summed E-state index contributed by atoms with van der Waals surface area (Å²) < 4.78 is 40.5. The molecule has 0 aliphatic rings. The smallest absolute Gasteiger partial charge is 0.232 e. The first kappa shape index (κ1) is 22.5. The van der Waals surface area contributed by atoms with Crippen molar-refractivity contribution in [2.24, 2.45) is 0 Å². The number of hydrogen-bond acceptors (Lipinski definition) is 6. The fraction of sp³-hybridized carbons (Fsp3) is 0.217. The molecule has 8 nitrogen and oxygen atoms in total. The van der Waals surface area contributed by atoms with Crippen LogP contribution in [0.4, 0.5) is 10.1 Å². The number of aromatic nitrogens is 2. The molecule has 4 rings (SSSR count). The van der Waals surface area contributed by atoms with Crippen molar-refractivity contribution in [2.45, 2.75) is 19.9 Å². The van der Waals surface area contributed by atoms with Crippen molar-refractivity contribution in [1.29, 1.82) is 0 Å². The number of aromatic hydroxyl groups is 2. The van der Waals surface area contributed by atoms with E-state index in [2.05, 4.69) is 4.98 Å². The van der Waals surface area contributed by atoms with Crippen LogP contribution in [-0.4, -0.2) is 47.3 Å². The maximum Gasteiger partial charge on any atom is 0.232 e. The van der Waals surface area contributed by atoms with Crippen molar-refractivity contribution in [3.63, 3.8) is 0 Å². The molecular weight excluding hydrogens is 449 g/mol. The molecule has 33 heavy (non-hydrogen) atoms. The van der Waals surface area contributed by atoms with Gasteiger partial charge in [-0.25, -0.2) is 12.8 Å². The Labute approximate surface area is 189 Å². The van der Waals surface area contributed by atoms with Gasteiger partial charge in [-0.2, -0.15) is 0 Å². The zero-order valence-corrected chi connectivity index (χ0v) is 19.0. The van der Waals surface area contributed by atoms with Gasteiger partial charge in [0.15, 0.2) is 5.75 Å². The highest BCUT2D eigenvalue weighted by Crippen LogP contribution is 2.46. The third-order valence-electron chi connectivity index (χ3n) is 5.49. The first-order valence-electron chi connectivity index (χ1n) is 10.0. The molecule has 2 heterocycles. The van der Waals surface area contributed by atoms with Crippen LogP contribution in [0.25, 0.3) is 21.7 Å². The van der Waals surface area contributed by atoms with Gasteiger partial charge in [0.25, 0.3) is 0 Å². The van der Waals surface area contributed by atoms with Gasteiger partial charge in [-0.3, -0.25) is 14.1 Å². The Bertz CT molecular complexity index is 1510. The molecule has 2 N–H and O–H groups in total. The van der Waals surface area contributed by atoms with Crippen molar-refractivity contribution in [3.05, 3.63) is 59.7 Å². The lowest BCUT2D eigenvalue weighted by Gasteiger charge is -2.21. The number of nitrogens with zero attached hydrogens (tertiary/aromatic N) is 3. The SMILES string of the molecule is CC(=O)Cn1cc2c(N(C)S(C)(=O)=O)c3cc(Cc4ccc(F)cc4)cnc3c(O)c2c1O. The van der Waals surface area contributed by atoms with Gasteiger partial charge >= 0.3 is 0 Å². The van der Waals surface area contributed by atoms with Crippen LogP contribution in [-0.2, 0) is 27.8 Å². The molecule has 0 fully saturated rings. The molecule has 172 valence electrons. The highest BCUT2D eigenvalue weighted by molar-refractivity contribution is 7.92. The zero-order valence-electron chi connectivity index (χ0n) is 18.2. The first-order valence-corrected chi connectivity index (χ1v) is 11.9. The molecule has 10 heteroatoms. The lowest BCUT2D eigenvalue weighted by Crippen LogP contribution is -2.25. The normalized spacial score (nSPS) is 11.9. The number of Topliss-reactive ketones (excluding diaryl/α,β-unsaturated/α-hetero) is 1. The second-order valence-electron chi connectivity index (χ2n) is 8.04. The van der Waals surface area contributed by atoms with E-state index in [4.69, 9.17) is 0 Å². The standard InChI is InChI=1S/C23H22FN3O5S/c1-13(28)11-27-12-18-19(23(27)30)22(29)20-17(21(18)26(2)33(3,31)32)9-15(10-25-20)8-14-4-6-16(24)7-5-14/h4-7,9-10,12,29-30H,8,11H2,1-3H3. The zero-order chi connectivity index (χ0) is 24.1. The van der Waals surface area contributed by atoms with Crippen LogP contribution in [0, 0.1) is 5.82 Å². The number of rotatable bonds is 6. The fourth-order valence-electron chi connectivity index (χ4n) is 3.90. The number of phenols is 1. The topological polar surface area (TPSA) is 113 Å². The van der Waals surface area contributed by atoms with Crippen molar-refractivity contribution in [3.8, 4) is 11.6 Å². The van der Waals surface area contributed by atoms with E-state index in [9.17, 15) is 27.8 Å². The monoisotopic (exact) mass is 471 g/mol. The average Bonchev–Trinajstić information content (AvgIpc) is 3.04. The molecule has 0 amide bonds. The van der Waals surface area contributed by atoms with Crippen molar-refractivity contribution in [1.82, 2.24) is 9.55 Å². The summed E-state index contributed by atoms with van der Waals surface area (Å²) in [6.45, 7) is 1.20. The number of ketones is 1. The van der Waals surface area contributed by atoms with E-state index >= 15 is 0 Å². The van der Waals surface area contributed by atoms with Crippen molar-refractivity contribution in [2.75, 3.05) is 17.6 Å². The van der Waals surface area contributed by atoms with E-state index in [0.29, 0.717) is 17.4 Å². The Balaban J connectivity index is 2.02.